The molecule has 0 aromatic heterocycles. The van der Waals surface area contributed by atoms with E-state index < -0.39 is 10.0 Å². The number of morpholine rings is 1. The molecular weight excluding hydrogens is 354 g/mol. The summed E-state index contributed by atoms with van der Waals surface area (Å²) >= 11 is 0. The van der Waals surface area contributed by atoms with E-state index in [-0.39, 0.29) is 29.6 Å². The van der Waals surface area contributed by atoms with Gasteiger partial charge in [-0.25, -0.2) is 8.42 Å². The van der Waals surface area contributed by atoms with Crippen molar-refractivity contribution in [3.63, 3.8) is 0 Å². The zero-order valence-corrected chi connectivity index (χ0v) is 16.8. The highest BCUT2D eigenvalue weighted by Crippen LogP contribution is 2.18. The summed E-state index contributed by atoms with van der Waals surface area (Å²) in [4.78, 5) is 14.6. The molecule has 1 heterocycles. The van der Waals surface area contributed by atoms with Gasteiger partial charge in [-0.1, -0.05) is 13.8 Å². The second-order valence-corrected chi connectivity index (χ2v) is 8.55. The molecule has 1 fully saturated rings. The van der Waals surface area contributed by atoms with Crippen molar-refractivity contribution in [3.8, 4) is 0 Å². The fraction of sp³-hybridized carbons (Fsp3) is 0.611. The lowest BCUT2D eigenvalue weighted by atomic mass is 10.2. The van der Waals surface area contributed by atoms with Crippen molar-refractivity contribution < 1.29 is 17.9 Å². The van der Waals surface area contributed by atoms with Gasteiger partial charge in [0.1, 0.15) is 0 Å². The van der Waals surface area contributed by atoms with Gasteiger partial charge in [0.25, 0.3) is 0 Å². The van der Waals surface area contributed by atoms with Crippen molar-refractivity contribution in [3.05, 3.63) is 24.3 Å². The van der Waals surface area contributed by atoms with E-state index in [2.05, 4.69) is 10.2 Å². The molecule has 0 bridgehead atoms. The molecule has 0 spiro atoms. The summed E-state index contributed by atoms with van der Waals surface area (Å²) in [7, 11) is -3.48. The molecule has 1 amide bonds. The van der Waals surface area contributed by atoms with Gasteiger partial charge in [0.05, 0.1) is 23.6 Å². The summed E-state index contributed by atoms with van der Waals surface area (Å²) in [5, 5.41) is 2.82. The van der Waals surface area contributed by atoms with Crippen molar-refractivity contribution in [2.24, 2.45) is 0 Å². The van der Waals surface area contributed by atoms with Crippen LogP contribution in [0.4, 0.5) is 5.69 Å². The summed E-state index contributed by atoms with van der Waals surface area (Å²) in [6.45, 7) is 10.2. The third kappa shape index (κ3) is 5.26. The maximum Gasteiger partial charge on any atom is 0.243 e. The number of benzene rings is 1. The molecule has 2 atom stereocenters. The SMILES string of the molecule is CCN(CC)S(=O)(=O)c1ccc(NC(=O)CN2C[C@@H](C)O[C@@H](C)C2)cc1. The third-order valence-electron chi connectivity index (χ3n) is 4.34. The first-order valence-electron chi connectivity index (χ1n) is 9.04. The molecule has 0 aliphatic carbocycles. The fourth-order valence-electron chi connectivity index (χ4n) is 3.24. The minimum Gasteiger partial charge on any atom is -0.373 e. The summed E-state index contributed by atoms with van der Waals surface area (Å²) in [5.74, 6) is -0.120. The first-order chi connectivity index (χ1) is 12.3. The van der Waals surface area contributed by atoms with Crippen molar-refractivity contribution in [1.82, 2.24) is 9.21 Å². The molecule has 26 heavy (non-hydrogen) atoms. The second-order valence-electron chi connectivity index (χ2n) is 6.61. The van der Waals surface area contributed by atoms with Gasteiger partial charge >= 0.3 is 0 Å². The van der Waals surface area contributed by atoms with Gasteiger partial charge in [0, 0.05) is 31.9 Å². The van der Waals surface area contributed by atoms with E-state index in [0.717, 1.165) is 13.1 Å². The molecule has 1 saturated heterocycles. The fourth-order valence-corrected chi connectivity index (χ4v) is 4.70. The zero-order valence-electron chi connectivity index (χ0n) is 15.9. The Morgan fingerprint density at radius 3 is 2.19 bits per heavy atom. The van der Waals surface area contributed by atoms with Crippen molar-refractivity contribution >= 4 is 21.6 Å². The number of amides is 1. The molecule has 2 rings (SSSR count). The van der Waals surface area contributed by atoms with Crippen LogP contribution in [0.15, 0.2) is 29.2 Å². The number of carbonyl (C=O) groups is 1. The Morgan fingerprint density at radius 1 is 1.15 bits per heavy atom. The van der Waals surface area contributed by atoms with Crippen LogP contribution in [0.5, 0.6) is 0 Å². The first-order valence-corrected chi connectivity index (χ1v) is 10.5. The van der Waals surface area contributed by atoms with E-state index in [1.54, 1.807) is 12.1 Å². The standard InChI is InChI=1S/C18H29N3O4S/c1-5-21(6-2)26(23,24)17-9-7-16(8-10-17)19-18(22)13-20-11-14(3)25-15(4)12-20/h7-10,14-15H,5-6,11-13H2,1-4H3,(H,19,22)/t14-,15+. The normalized spacial score (nSPS) is 21.7. The van der Waals surface area contributed by atoms with Crippen LogP contribution in [0, 0.1) is 0 Å². The van der Waals surface area contributed by atoms with Crippen LogP contribution >= 0.6 is 0 Å². The third-order valence-corrected chi connectivity index (χ3v) is 6.41. The monoisotopic (exact) mass is 383 g/mol. The van der Waals surface area contributed by atoms with E-state index >= 15 is 0 Å². The smallest absolute Gasteiger partial charge is 0.243 e. The average molecular weight is 384 g/mol. The van der Waals surface area contributed by atoms with Crippen LogP contribution in [-0.4, -0.2) is 68.5 Å². The average Bonchev–Trinajstić information content (AvgIpc) is 2.55. The Morgan fingerprint density at radius 2 is 1.69 bits per heavy atom. The second kappa shape index (κ2) is 8.94. The predicted octanol–water partition coefficient (Wildman–Crippen LogP) is 1.76. The van der Waals surface area contributed by atoms with E-state index in [4.69, 9.17) is 4.74 Å². The summed E-state index contributed by atoms with van der Waals surface area (Å²) in [6, 6.07) is 6.31. The topological polar surface area (TPSA) is 79.0 Å². The van der Waals surface area contributed by atoms with E-state index in [1.165, 1.54) is 16.4 Å². The molecule has 1 N–H and O–H groups in total. The molecule has 1 aliphatic rings. The van der Waals surface area contributed by atoms with Crippen LogP contribution in [0.2, 0.25) is 0 Å². The molecular formula is C18H29N3O4S. The van der Waals surface area contributed by atoms with Crippen LogP contribution in [-0.2, 0) is 19.6 Å². The molecule has 7 nitrogen and oxygen atoms in total. The number of nitrogens with zero attached hydrogens (tertiary/aromatic N) is 2. The maximum atomic E-state index is 12.5. The number of hydrogen-bond donors (Lipinski definition) is 1. The number of anilines is 1. The summed E-state index contributed by atoms with van der Waals surface area (Å²) in [6.07, 6.45) is 0.215. The predicted molar refractivity (Wildman–Crippen MR) is 102 cm³/mol. The van der Waals surface area contributed by atoms with Gasteiger partial charge in [-0.2, -0.15) is 4.31 Å². The van der Waals surface area contributed by atoms with Crippen molar-refractivity contribution in [1.29, 1.82) is 0 Å². The number of sulfonamides is 1. The molecule has 1 aromatic carbocycles. The molecule has 0 unspecified atom stereocenters. The Balaban J connectivity index is 1.97. The van der Waals surface area contributed by atoms with Crippen LogP contribution in [0.1, 0.15) is 27.7 Å². The lowest BCUT2D eigenvalue weighted by Gasteiger charge is -2.34. The summed E-state index contributed by atoms with van der Waals surface area (Å²) in [5.41, 5.74) is 0.586. The van der Waals surface area contributed by atoms with Gasteiger partial charge in [-0.05, 0) is 38.1 Å². The molecule has 146 valence electrons. The minimum absolute atomic E-state index is 0.108. The highest BCUT2D eigenvalue weighted by molar-refractivity contribution is 7.89. The number of carbonyl (C=O) groups excluding carboxylic acids is 1. The number of hydrogen-bond acceptors (Lipinski definition) is 5. The van der Waals surface area contributed by atoms with Crippen LogP contribution in [0.3, 0.4) is 0 Å². The number of ether oxygens (including phenoxy) is 1. The molecule has 0 radical (unpaired) electrons. The van der Waals surface area contributed by atoms with E-state index in [0.29, 0.717) is 18.8 Å². The molecule has 1 aromatic rings. The lowest BCUT2D eigenvalue weighted by Crippen LogP contribution is -2.48. The van der Waals surface area contributed by atoms with Crippen LogP contribution < -0.4 is 5.32 Å². The van der Waals surface area contributed by atoms with Gasteiger partial charge in [0.15, 0.2) is 0 Å². The Hall–Kier alpha value is -1.48. The van der Waals surface area contributed by atoms with Gasteiger partial charge in [-0.3, -0.25) is 9.69 Å². The zero-order chi connectivity index (χ0) is 19.3. The highest BCUT2D eigenvalue weighted by Gasteiger charge is 2.24. The Bertz CT molecular complexity index is 692. The Labute approximate surface area is 156 Å². The molecule has 0 saturated carbocycles. The Kier molecular flexibility index (Phi) is 7.16. The highest BCUT2D eigenvalue weighted by atomic mass is 32.2. The van der Waals surface area contributed by atoms with Gasteiger partial charge < -0.3 is 10.1 Å². The lowest BCUT2D eigenvalue weighted by molar-refractivity contribution is -0.121. The van der Waals surface area contributed by atoms with Gasteiger partial charge in [0.2, 0.25) is 15.9 Å². The molecule has 1 aliphatic heterocycles. The first kappa shape index (κ1) is 20.8. The molecule has 8 heteroatoms. The number of nitrogens with one attached hydrogen (secondary N) is 1. The largest absolute Gasteiger partial charge is 0.373 e. The van der Waals surface area contributed by atoms with Crippen molar-refractivity contribution in [2.75, 3.05) is 38.0 Å². The maximum absolute atomic E-state index is 12.5. The van der Waals surface area contributed by atoms with E-state index in [9.17, 15) is 13.2 Å². The van der Waals surface area contributed by atoms with Crippen molar-refractivity contribution in [2.45, 2.75) is 44.8 Å². The van der Waals surface area contributed by atoms with Crippen LogP contribution in [0.25, 0.3) is 0 Å². The minimum atomic E-state index is -3.48. The quantitative estimate of drug-likeness (QED) is 0.776. The number of rotatable bonds is 7. The van der Waals surface area contributed by atoms with E-state index in [1.807, 2.05) is 27.7 Å². The van der Waals surface area contributed by atoms with Gasteiger partial charge in [-0.15, -0.1) is 0 Å². The summed E-state index contributed by atoms with van der Waals surface area (Å²) < 4.78 is 32.0.